The summed E-state index contributed by atoms with van der Waals surface area (Å²) in [5.74, 6) is 0.978. The minimum atomic E-state index is -0.501. The molecule has 1 amide bonds. The van der Waals surface area contributed by atoms with E-state index in [9.17, 15) is 14.9 Å². The highest BCUT2D eigenvalue weighted by Gasteiger charge is 2.18. The summed E-state index contributed by atoms with van der Waals surface area (Å²) in [5, 5.41) is 13.8. The van der Waals surface area contributed by atoms with E-state index in [1.54, 1.807) is 33.2 Å². The second-order valence-electron chi connectivity index (χ2n) is 6.36. The van der Waals surface area contributed by atoms with Crippen molar-refractivity contribution < 1.29 is 19.2 Å². The average Bonchev–Trinajstić information content (AvgIpc) is 2.64. The molecule has 0 saturated heterocycles. The Morgan fingerprint density at radius 1 is 1.25 bits per heavy atom. The highest BCUT2D eigenvalue weighted by molar-refractivity contribution is 5.95. The Morgan fingerprint density at radius 2 is 2.00 bits per heavy atom. The molecule has 0 aromatic heterocycles. The Hall–Kier alpha value is -3.13. The van der Waals surface area contributed by atoms with Gasteiger partial charge in [-0.3, -0.25) is 19.8 Å². The van der Waals surface area contributed by atoms with Crippen LogP contribution >= 0.6 is 0 Å². The summed E-state index contributed by atoms with van der Waals surface area (Å²) in [6.07, 6.45) is 0. The van der Waals surface area contributed by atoms with Gasteiger partial charge >= 0.3 is 0 Å². The summed E-state index contributed by atoms with van der Waals surface area (Å²) in [6, 6.07) is 10.3. The Morgan fingerprint density at radius 3 is 2.64 bits per heavy atom. The summed E-state index contributed by atoms with van der Waals surface area (Å²) in [5.41, 5.74) is 1.71. The zero-order valence-corrected chi connectivity index (χ0v) is 16.5. The highest BCUT2D eigenvalue weighted by atomic mass is 16.6. The van der Waals surface area contributed by atoms with Crippen LogP contribution < -0.4 is 14.8 Å². The number of nitrogens with zero attached hydrogens (tertiary/aromatic N) is 2. The number of aryl methyl sites for hydroxylation is 1. The summed E-state index contributed by atoms with van der Waals surface area (Å²) >= 11 is 0. The van der Waals surface area contributed by atoms with Gasteiger partial charge in [-0.15, -0.1) is 0 Å². The van der Waals surface area contributed by atoms with E-state index < -0.39 is 4.92 Å². The summed E-state index contributed by atoms with van der Waals surface area (Å²) in [7, 11) is 3.38. The number of amides is 1. The van der Waals surface area contributed by atoms with Gasteiger partial charge in [-0.2, -0.15) is 0 Å². The number of nitrogens with one attached hydrogen (secondary N) is 1. The molecule has 0 aliphatic rings. The number of methoxy groups -OCH3 is 1. The summed E-state index contributed by atoms with van der Waals surface area (Å²) in [6.45, 7) is 4.75. The van der Waals surface area contributed by atoms with Gasteiger partial charge in [-0.25, -0.2) is 0 Å². The van der Waals surface area contributed by atoms with Crippen LogP contribution in [0.25, 0.3) is 0 Å². The summed E-state index contributed by atoms with van der Waals surface area (Å²) < 4.78 is 10.8. The molecule has 0 bridgehead atoms. The maximum absolute atomic E-state index is 12.4. The number of anilines is 1. The standard InChI is InChI=1S/C20H25N3O5/c1-5-28-17-10-9-15(11-18(17)27-4)12-22(3)13-19(24)21-20-14(2)7-6-8-16(20)23(25)26/h6-11H,5,12-13H2,1-4H3,(H,21,24). The molecule has 2 aromatic rings. The topological polar surface area (TPSA) is 93.9 Å². The number of hydrogen-bond donors (Lipinski definition) is 1. The third kappa shape index (κ3) is 5.43. The first-order valence-corrected chi connectivity index (χ1v) is 8.87. The predicted molar refractivity (Wildman–Crippen MR) is 107 cm³/mol. The number of nitro groups is 1. The molecule has 0 radical (unpaired) electrons. The third-order valence-corrected chi connectivity index (χ3v) is 4.11. The van der Waals surface area contributed by atoms with Crippen molar-refractivity contribution in [1.82, 2.24) is 4.90 Å². The highest BCUT2D eigenvalue weighted by Crippen LogP contribution is 2.29. The number of likely N-dealkylation sites (N-methyl/N-ethyl adjacent to an activating group) is 1. The lowest BCUT2D eigenvalue weighted by molar-refractivity contribution is -0.384. The van der Waals surface area contributed by atoms with Crippen LogP contribution in [0.15, 0.2) is 36.4 Å². The van der Waals surface area contributed by atoms with E-state index in [4.69, 9.17) is 9.47 Å². The van der Waals surface area contributed by atoms with E-state index >= 15 is 0 Å². The van der Waals surface area contributed by atoms with E-state index in [0.29, 0.717) is 30.2 Å². The van der Waals surface area contributed by atoms with Gasteiger partial charge in [0.25, 0.3) is 5.69 Å². The Balaban J connectivity index is 2.03. The molecule has 2 rings (SSSR count). The normalized spacial score (nSPS) is 10.6. The molecule has 2 aromatic carbocycles. The number of hydrogen-bond acceptors (Lipinski definition) is 6. The minimum Gasteiger partial charge on any atom is -0.493 e. The van der Waals surface area contributed by atoms with Crippen molar-refractivity contribution in [3.63, 3.8) is 0 Å². The van der Waals surface area contributed by atoms with Gasteiger partial charge < -0.3 is 14.8 Å². The van der Waals surface area contributed by atoms with Crippen molar-refractivity contribution in [2.45, 2.75) is 20.4 Å². The van der Waals surface area contributed by atoms with Crippen molar-refractivity contribution >= 4 is 17.3 Å². The molecule has 0 spiro atoms. The Kier molecular flexibility index (Phi) is 7.34. The van der Waals surface area contributed by atoms with Gasteiger partial charge in [0.05, 0.1) is 25.2 Å². The van der Waals surface area contributed by atoms with Gasteiger partial charge in [-0.1, -0.05) is 18.2 Å². The van der Waals surface area contributed by atoms with Crippen LogP contribution in [0, 0.1) is 17.0 Å². The average molecular weight is 387 g/mol. The van der Waals surface area contributed by atoms with Crippen LogP contribution in [-0.2, 0) is 11.3 Å². The number of para-hydroxylation sites is 1. The molecule has 0 atom stereocenters. The van der Waals surface area contributed by atoms with Gasteiger partial charge in [-0.05, 0) is 44.2 Å². The van der Waals surface area contributed by atoms with E-state index in [1.165, 1.54) is 6.07 Å². The van der Waals surface area contributed by atoms with Crippen molar-refractivity contribution in [2.75, 3.05) is 32.6 Å². The monoisotopic (exact) mass is 387 g/mol. The van der Waals surface area contributed by atoms with E-state index in [-0.39, 0.29) is 23.8 Å². The molecule has 8 nitrogen and oxygen atoms in total. The smallest absolute Gasteiger partial charge is 0.293 e. The fourth-order valence-corrected chi connectivity index (χ4v) is 2.84. The van der Waals surface area contributed by atoms with Gasteiger partial charge in [0.1, 0.15) is 5.69 Å². The lowest BCUT2D eigenvalue weighted by Gasteiger charge is -2.18. The van der Waals surface area contributed by atoms with Crippen molar-refractivity contribution in [3.05, 3.63) is 57.6 Å². The number of rotatable bonds is 9. The molecule has 0 heterocycles. The first-order valence-electron chi connectivity index (χ1n) is 8.87. The van der Waals surface area contributed by atoms with Crippen molar-refractivity contribution in [2.24, 2.45) is 0 Å². The van der Waals surface area contributed by atoms with E-state index in [2.05, 4.69) is 5.32 Å². The number of benzene rings is 2. The molecule has 0 unspecified atom stereocenters. The minimum absolute atomic E-state index is 0.0843. The number of nitro benzene ring substituents is 1. The maximum Gasteiger partial charge on any atom is 0.293 e. The van der Waals surface area contributed by atoms with Crippen LogP contribution in [-0.4, -0.2) is 43.0 Å². The second kappa shape index (κ2) is 9.70. The third-order valence-electron chi connectivity index (χ3n) is 4.11. The SMILES string of the molecule is CCOc1ccc(CN(C)CC(=O)Nc2c(C)cccc2[N+](=O)[O-])cc1OC. The van der Waals surface area contributed by atoms with E-state index in [1.807, 2.05) is 30.0 Å². The van der Waals surface area contributed by atoms with Crippen LogP contribution in [0.4, 0.5) is 11.4 Å². The van der Waals surface area contributed by atoms with Crippen LogP contribution in [0.1, 0.15) is 18.1 Å². The molecule has 28 heavy (non-hydrogen) atoms. The fraction of sp³-hybridized carbons (Fsp3) is 0.350. The molecule has 0 fully saturated rings. The number of carbonyl (C=O) groups is 1. The zero-order chi connectivity index (χ0) is 20.7. The fourth-order valence-electron chi connectivity index (χ4n) is 2.84. The largest absolute Gasteiger partial charge is 0.493 e. The predicted octanol–water partition coefficient (Wildman–Crippen LogP) is 3.38. The lowest BCUT2D eigenvalue weighted by atomic mass is 10.1. The first kappa shape index (κ1) is 21.2. The van der Waals surface area contributed by atoms with Crippen molar-refractivity contribution in [1.29, 1.82) is 0 Å². The summed E-state index contributed by atoms with van der Waals surface area (Å²) in [4.78, 5) is 24.9. The Labute approximate surface area is 164 Å². The van der Waals surface area contributed by atoms with Gasteiger partial charge in [0.2, 0.25) is 5.91 Å². The van der Waals surface area contributed by atoms with Crippen molar-refractivity contribution in [3.8, 4) is 11.5 Å². The molecular formula is C20H25N3O5. The second-order valence-corrected chi connectivity index (χ2v) is 6.36. The van der Waals surface area contributed by atoms with Crippen LogP contribution in [0.3, 0.4) is 0 Å². The first-order chi connectivity index (χ1) is 13.3. The quantitative estimate of drug-likeness (QED) is 0.524. The maximum atomic E-state index is 12.4. The molecule has 8 heteroatoms. The molecule has 1 N–H and O–H groups in total. The van der Waals surface area contributed by atoms with Gasteiger partial charge in [0, 0.05) is 12.6 Å². The van der Waals surface area contributed by atoms with Crippen LogP contribution in [0.2, 0.25) is 0 Å². The number of ether oxygens (including phenoxy) is 2. The van der Waals surface area contributed by atoms with Gasteiger partial charge in [0.15, 0.2) is 11.5 Å². The Bertz CT molecular complexity index is 854. The van der Waals surface area contributed by atoms with E-state index in [0.717, 1.165) is 5.56 Å². The molecular weight excluding hydrogens is 362 g/mol. The molecule has 150 valence electrons. The molecule has 0 aliphatic carbocycles. The zero-order valence-electron chi connectivity index (χ0n) is 16.5. The van der Waals surface area contributed by atoms with Crippen LogP contribution in [0.5, 0.6) is 11.5 Å². The number of carbonyl (C=O) groups excluding carboxylic acids is 1. The lowest BCUT2D eigenvalue weighted by Crippen LogP contribution is -2.30. The molecule has 0 aliphatic heterocycles. The molecule has 0 saturated carbocycles.